The third-order valence-corrected chi connectivity index (χ3v) is 16.1. The first kappa shape index (κ1) is 45.2. The summed E-state index contributed by atoms with van der Waals surface area (Å²) in [4.78, 5) is 25.6. The van der Waals surface area contributed by atoms with Gasteiger partial charge in [-0.25, -0.2) is 0 Å². The molecule has 0 radical (unpaired) electrons. The molecule has 0 atom stereocenters. The van der Waals surface area contributed by atoms with E-state index in [1.807, 2.05) is 13.8 Å². The molecular weight excluding hydrogens is 857 g/mol. The van der Waals surface area contributed by atoms with Crippen LogP contribution in [-0.4, -0.2) is 25.2 Å². The van der Waals surface area contributed by atoms with Gasteiger partial charge < -0.3 is 9.47 Å². The van der Waals surface area contributed by atoms with Gasteiger partial charge in [-0.05, 0) is 141 Å². The van der Waals surface area contributed by atoms with Crippen LogP contribution in [0.3, 0.4) is 0 Å². The van der Waals surface area contributed by atoms with Gasteiger partial charge in [-0.1, -0.05) is 194 Å². The van der Waals surface area contributed by atoms with Gasteiger partial charge in [0.25, 0.3) is 0 Å². The van der Waals surface area contributed by atoms with E-state index in [2.05, 4.69) is 194 Å². The molecule has 348 valence electrons. The molecule has 12 rings (SSSR count). The molecule has 0 unspecified atom stereocenters. The minimum atomic E-state index is -0.358. The van der Waals surface area contributed by atoms with Crippen molar-refractivity contribution in [2.75, 3.05) is 13.2 Å². The summed E-state index contributed by atoms with van der Waals surface area (Å²) in [6.07, 6.45) is 6.04. The molecule has 8 aromatic rings. The van der Waals surface area contributed by atoms with Crippen molar-refractivity contribution in [3.8, 4) is 44.5 Å². The van der Waals surface area contributed by atoms with Crippen LogP contribution in [0.15, 0.2) is 194 Å². The van der Waals surface area contributed by atoms with Gasteiger partial charge in [-0.3, -0.25) is 9.59 Å². The molecule has 0 aliphatic heterocycles. The van der Waals surface area contributed by atoms with E-state index in [1.165, 1.54) is 102 Å². The minimum Gasteiger partial charge on any atom is -0.466 e. The Labute approximate surface area is 413 Å². The second-order valence-corrected chi connectivity index (χ2v) is 19.5. The molecule has 4 aliphatic rings. The van der Waals surface area contributed by atoms with Gasteiger partial charge in [0, 0.05) is 35.5 Å². The fourth-order valence-corrected chi connectivity index (χ4v) is 13.2. The summed E-state index contributed by atoms with van der Waals surface area (Å²) in [6.45, 7) is 4.47. The number of ether oxygens (including phenoxy) is 2. The predicted octanol–water partition coefficient (Wildman–Crippen LogP) is 15.8. The summed E-state index contributed by atoms with van der Waals surface area (Å²) in [6, 6.07) is 70.5. The van der Waals surface area contributed by atoms with Crippen LogP contribution in [0.1, 0.15) is 122 Å². The van der Waals surface area contributed by atoms with Crippen molar-refractivity contribution in [3.05, 3.63) is 239 Å². The van der Waals surface area contributed by atoms with Crippen LogP contribution in [0, 0.1) is 0 Å². The molecule has 70 heavy (non-hydrogen) atoms. The van der Waals surface area contributed by atoms with Crippen molar-refractivity contribution in [2.24, 2.45) is 0 Å². The van der Waals surface area contributed by atoms with E-state index < -0.39 is 0 Å². The maximum atomic E-state index is 12.8. The second-order valence-electron chi connectivity index (χ2n) is 19.5. The standard InChI is InChI=1S/C38H38O4.C28H22/c1-3-41-35(39)21-23-37(31-17-9-5-13-27(31)28-14-6-10-18-32(28)37)25-26-38(24-22-36(40)42-4-2)33-19-11-7-15-29(33)30-16-8-12-20-34(30)38;1-5-13-23-19(9-1)20-10-2-6-14-24(20)27(23)17-18-28-25-15-7-3-11-21(25)22-12-4-8-16-26(22)28/h5-20H,3-4,21-26H2,1-2H3;1-16,27-28H,17-18H2. The van der Waals surface area contributed by atoms with E-state index in [1.54, 1.807) is 0 Å². The summed E-state index contributed by atoms with van der Waals surface area (Å²) in [7, 11) is 0. The summed E-state index contributed by atoms with van der Waals surface area (Å²) in [5.41, 5.74) is 21.1. The Bertz CT molecular complexity index is 2830. The molecule has 4 heteroatoms. The van der Waals surface area contributed by atoms with Crippen LogP contribution >= 0.6 is 0 Å². The first-order valence-electron chi connectivity index (χ1n) is 25.5. The normalized spacial score (nSPS) is 14.7. The van der Waals surface area contributed by atoms with Crippen molar-refractivity contribution in [1.29, 1.82) is 0 Å². The van der Waals surface area contributed by atoms with Gasteiger partial charge in [0.15, 0.2) is 0 Å². The summed E-state index contributed by atoms with van der Waals surface area (Å²) in [5, 5.41) is 0. The number of hydrogen-bond acceptors (Lipinski definition) is 4. The Morgan fingerprint density at radius 3 is 0.857 bits per heavy atom. The zero-order valence-electron chi connectivity index (χ0n) is 40.3. The van der Waals surface area contributed by atoms with E-state index in [-0.39, 0.29) is 22.8 Å². The summed E-state index contributed by atoms with van der Waals surface area (Å²) < 4.78 is 10.8. The Morgan fingerprint density at radius 2 is 0.586 bits per heavy atom. The fraction of sp³-hybridized carbons (Fsp3) is 0.242. The van der Waals surface area contributed by atoms with Crippen LogP contribution in [-0.2, 0) is 29.9 Å². The molecule has 0 aromatic heterocycles. The van der Waals surface area contributed by atoms with Crippen molar-refractivity contribution in [3.63, 3.8) is 0 Å². The Balaban J connectivity index is 0.000000164. The number of benzene rings is 8. The lowest BCUT2D eigenvalue weighted by Gasteiger charge is -2.38. The maximum Gasteiger partial charge on any atom is 0.305 e. The monoisotopic (exact) mass is 916 g/mol. The van der Waals surface area contributed by atoms with E-state index in [4.69, 9.17) is 9.47 Å². The molecular formula is C66H60O4. The van der Waals surface area contributed by atoms with Gasteiger partial charge in [0.2, 0.25) is 0 Å². The SMILES string of the molecule is CCOC(=O)CCC1(CCC2(CCC(=O)OCC)c3ccccc3-c3ccccc32)c2ccccc2-c2ccccc21.c1ccc2c(c1)-c1ccccc1C2CCC1c2ccccc2-c2ccccc21. The average molecular weight is 917 g/mol. The Morgan fingerprint density at radius 1 is 0.343 bits per heavy atom. The van der Waals surface area contributed by atoms with E-state index in [0.717, 1.165) is 12.8 Å². The summed E-state index contributed by atoms with van der Waals surface area (Å²) in [5.74, 6) is 0.694. The van der Waals surface area contributed by atoms with Crippen LogP contribution in [0.2, 0.25) is 0 Å². The molecule has 0 spiro atoms. The van der Waals surface area contributed by atoms with Gasteiger partial charge in [0.1, 0.15) is 0 Å². The third-order valence-electron chi connectivity index (χ3n) is 16.1. The first-order valence-corrected chi connectivity index (χ1v) is 25.5. The average Bonchev–Trinajstić information content (AvgIpc) is 4.09. The topological polar surface area (TPSA) is 52.6 Å². The molecule has 4 aliphatic carbocycles. The van der Waals surface area contributed by atoms with Crippen LogP contribution < -0.4 is 0 Å². The lowest BCUT2D eigenvalue weighted by Crippen LogP contribution is -2.33. The Hall–Kier alpha value is -7.30. The lowest BCUT2D eigenvalue weighted by molar-refractivity contribution is -0.144. The zero-order chi connectivity index (χ0) is 47.7. The predicted molar refractivity (Wildman–Crippen MR) is 283 cm³/mol. The van der Waals surface area contributed by atoms with E-state index in [0.29, 0.717) is 50.7 Å². The van der Waals surface area contributed by atoms with Crippen LogP contribution in [0.4, 0.5) is 0 Å². The highest BCUT2D eigenvalue weighted by atomic mass is 16.5. The van der Waals surface area contributed by atoms with Crippen molar-refractivity contribution in [2.45, 2.75) is 87.9 Å². The first-order chi connectivity index (χ1) is 34.5. The number of hydrogen-bond donors (Lipinski definition) is 0. The van der Waals surface area contributed by atoms with Gasteiger partial charge >= 0.3 is 11.9 Å². The van der Waals surface area contributed by atoms with Crippen LogP contribution in [0.25, 0.3) is 44.5 Å². The largest absolute Gasteiger partial charge is 0.466 e. The molecule has 0 amide bonds. The molecule has 8 aromatic carbocycles. The highest BCUT2D eigenvalue weighted by Gasteiger charge is 2.48. The number of esters is 2. The van der Waals surface area contributed by atoms with E-state index in [9.17, 15) is 9.59 Å². The highest BCUT2D eigenvalue weighted by molar-refractivity contribution is 5.84. The van der Waals surface area contributed by atoms with Gasteiger partial charge in [0.05, 0.1) is 13.2 Å². The second kappa shape index (κ2) is 19.2. The van der Waals surface area contributed by atoms with Gasteiger partial charge in [-0.15, -0.1) is 0 Å². The summed E-state index contributed by atoms with van der Waals surface area (Å²) >= 11 is 0. The molecule has 0 saturated heterocycles. The van der Waals surface area contributed by atoms with E-state index >= 15 is 0 Å². The smallest absolute Gasteiger partial charge is 0.305 e. The third kappa shape index (κ3) is 7.79. The van der Waals surface area contributed by atoms with Crippen molar-refractivity contribution >= 4 is 11.9 Å². The highest BCUT2D eigenvalue weighted by Crippen LogP contribution is 2.59. The molecule has 0 bridgehead atoms. The minimum absolute atomic E-state index is 0.160. The Kier molecular flexibility index (Phi) is 12.4. The van der Waals surface area contributed by atoms with Gasteiger partial charge in [-0.2, -0.15) is 0 Å². The fourth-order valence-electron chi connectivity index (χ4n) is 13.2. The molecule has 0 N–H and O–H groups in total. The zero-order valence-corrected chi connectivity index (χ0v) is 40.3. The quantitative estimate of drug-likeness (QED) is 0.102. The number of carbonyl (C=O) groups is 2. The molecule has 0 fully saturated rings. The van der Waals surface area contributed by atoms with Crippen LogP contribution in [0.5, 0.6) is 0 Å². The van der Waals surface area contributed by atoms with Crippen molar-refractivity contribution in [1.82, 2.24) is 0 Å². The number of carbonyl (C=O) groups excluding carboxylic acids is 2. The molecule has 0 saturated carbocycles. The van der Waals surface area contributed by atoms with Crippen molar-refractivity contribution < 1.29 is 19.1 Å². The number of rotatable bonds is 14. The lowest BCUT2D eigenvalue weighted by atomic mass is 9.64. The number of fused-ring (bicyclic) bond motifs is 12. The molecule has 4 nitrogen and oxygen atoms in total. The molecule has 0 heterocycles. The maximum absolute atomic E-state index is 12.8.